The summed E-state index contributed by atoms with van der Waals surface area (Å²) in [7, 11) is 0. The van der Waals surface area contributed by atoms with E-state index < -0.39 is 6.29 Å². The van der Waals surface area contributed by atoms with Crippen molar-refractivity contribution in [2.45, 2.75) is 27.1 Å². The summed E-state index contributed by atoms with van der Waals surface area (Å²) in [6.07, 6.45) is 0.915. The van der Waals surface area contributed by atoms with Crippen molar-refractivity contribution in [1.82, 2.24) is 9.97 Å². The maximum Gasteiger partial charge on any atom is 0.275 e. The molecule has 0 saturated heterocycles. The maximum atomic E-state index is 11.8. The minimum Gasteiger partial charge on any atom is -0.374 e. The van der Waals surface area contributed by atoms with E-state index in [9.17, 15) is 9.59 Å². The van der Waals surface area contributed by atoms with E-state index in [0.717, 1.165) is 0 Å². The number of carbonyl (C=O) groups is 1. The van der Waals surface area contributed by atoms with Crippen molar-refractivity contribution < 1.29 is 14.3 Å². The van der Waals surface area contributed by atoms with Crippen molar-refractivity contribution in [3.8, 4) is 0 Å². The van der Waals surface area contributed by atoms with Gasteiger partial charge in [0.25, 0.3) is 5.56 Å². The first-order valence-electron chi connectivity index (χ1n) is 6.40. The predicted molar refractivity (Wildman–Crippen MR) is 74.7 cm³/mol. The molecule has 0 aliphatic heterocycles. The molecule has 0 spiro atoms. The number of aromatic nitrogens is 2. The minimum atomic E-state index is -0.431. The van der Waals surface area contributed by atoms with Crippen LogP contribution in [0.1, 0.15) is 20.8 Å². The van der Waals surface area contributed by atoms with Crippen LogP contribution in [0.3, 0.4) is 0 Å². The Morgan fingerprint density at radius 2 is 2.05 bits per heavy atom. The van der Waals surface area contributed by atoms with Crippen LogP contribution in [-0.4, -0.2) is 41.9 Å². The fourth-order valence-corrected chi connectivity index (χ4v) is 1.48. The average Bonchev–Trinajstić information content (AvgIpc) is 2.37. The van der Waals surface area contributed by atoms with Crippen molar-refractivity contribution >= 4 is 17.5 Å². The Morgan fingerprint density at radius 3 is 2.55 bits per heavy atom. The second-order valence-electron chi connectivity index (χ2n) is 3.88. The van der Waals surface area contributed by atoms with E-state index in [2.05, 4.69) is 20.6 Å². The van der Waals surface area contributed by atoms with Crippen molar-refractivity contribution in [2.24, 2.45) is 0 Å². The van der Waals surface area contributed by atoms with Gasteiger partial charge >= 0.3 is 0 Å². The lowest BCUT2D eigenvalue weighted by Gasteiger charge is -2.17. The molecule has 0 unspecified atom stereocenters. The zero-order chi connectivity index (χ0) is 15.0. The first kappa shape index (κ1) is 16.1. The van der Waals surface area contributed by atoms with E-state index >= 15 is 0 Å². The van der Waals surface area contributed by atoms with E-state index in [4.69, 9.17) is 9.47 Å². The molecule has 0 fully saturated rings. The first-order valence-corrected chi connectivity index (χ1v) is 6.40. The summed E-state index contributed by atoms with van der Waals surface area (Å²) < 4.78 is 10.7. The fraction of sp³-hybridized carbons (Fsp3) is 0.583. The monoisotopic (exact) mass is 284 g/mol. The van der Waals surface area contributed by atoms with E-state index in [0.29, 0.717) is 19.8 Å². The standard InChI is InChI=1S/C12H20N4O4/c1-4-19-10(20-5-2)7-13-9-6-14-12(15-8(3)17)16-11(9)18/h6,10,13H,4-5,7H2,1-3H3,(H2,14,15,16,17,18). The quantitative estimate of drug-likeness (QED) is 0.602. The van der Waals surface area contributed by atoms with Crippen molar-refractivity contribution in [3.63, 3.8) is 0 Å². The van der Waals surface area contributed by atoms with Gasteiger partial charge in [-0.3, -0.25) is 19.9 Å². The van der Waals surface area contributed by atoms with Crippen LogP contribution in [0.2, 0.25) is 0 Å². The molecule has 0 atom stereocenters. The predicted octanol–water partition coefficient (Wildman–Crippen LogP) is 0.539. The van der Waals surface area contributed by atoms with Gasteiger partial charge in [0.1, 0.15) is 5.69 Å². The number of carbonyl (C=O) groups excluding carboxylic acids is 1. The van der Waals surface area contributed by atoms with E-state index in [1.807, 2.05) is 13.8 Å². The van der Waals surface area contributed by atoms with Crippen molar-refractivity contribution in [2.75, 3.05) is 30.4 Å². The van der Waals surface area contributed by atoms with Gasteiger partial charge in [0.2, 0.25) is 11.9 Å². The lowest BCUT2D eigenvalue weighted by molar-refractivity contribution is -0.126. The largest absolute Gasteiger partial charge is 0.374 e. The maximum absolute atomic E-state index is 11.8. The van der Waals surface area contributed by atoms with Crippen LogP contribution in [0.5, 0.6) is 0 Å². The molecule has 0 aromatic carbocycles. The Labute approximate surface area is 116 Å². The number of H-pyrrole nitrogens is 1. The average molecular weight is 284 g/mol. The molecule has 1 rings (SSSR count). The third kappa shape index (κ3) is 5.37. The van der Waals surface area contributed by atoms with Crippen LogP contribution in [0.25, 0.3) is 0 Å². The lowest BCUT2D eigenvalue weighted by Crippen LogP contribution is -2.29. The molecule has 0 bridgehead atoms. The summed E-state index contributed by atoms with van der Waals surface area (Å²) in [4.78, 5) is 29.0. The zero-order valence-corrected chi connectivity index (χ0v) is 11.9. The van der Waals surface area contributed by atoms with Gasteiger partial charge in [-0.2, -0.15) is 0 Å². The molecule has 0 aliphatic carbocycles. The Hall–Kier alpha value is -1.93. The van der Waals surface area contributed by atoms with Gasteiger partial charge in [0.15, 0.2) is 6.29 Å². The summed E-state index contributed by atoms with van der Waals surface area (Å²) in [5, 5.41) is 5.29. The number of ether oxygens (including phenoxy) is 2. The Bertz CT molecular complexity index is 483. The summed E-state index contributed by atoms with van der Waals surface area (Å²) in [6, 6.07) is 0. The molecule has 112 valence electrons. The summed E-state index contributed by atoms with van der Waals surface area (Å²) >= 11 is 0. The molecule has 0 radical (unpaired) electrons. The van der Waals surface area contributed by atoms with Crippen LogP contribution in [-0.2, 0) is 14.3 Å². The molecular formula is C12H20N4O4. The van der Waals surface area contributed by atoms with Gasteiger partial charge in [0.05, 0.1) is 12.7 Å². The molecule has 0 saturated carbocycles. The van der Waals surface area contributed by atoms with Crippen LogP contribution in [0.15, 0.2) is 11.0 Å². The Morgan fingerprint density at radius 1 is 1.40 bits per heavy atom. The highest BCUT2D eigenvalue weighted by atomic mass is 16.7. The highest BCUT2D eigenvalue weighted by Gasteiger charge is 2.09. The van der Waals surface area contributed by atoms with Crippen LogP contribution < -0.4 is 16.2 Å². The second-order valence-corrected chi connectivity index (χ2v) is 3.88. The highest BCUT2D eigenvalue weighted by Crippen LogP contribution is 2.02. The van der Waals surface area contributed by atoms with Gasteiger partial charge in [0, 0.05) is 20.1 Å². The second kappa shape index (κ2) is 8.28. The Kier molecular flexibility index (Phi) is 6.68. The molecular weight excluding hydrogens is 264 g/mol. The van der Waals surface area contributed by atoms with Gasteiger partial charge in [-0.05, 0) is 13.8 Å². The first-order chi connectivity index (χ1) is 9.56. The van der Waals surface area contributed by atoms with E-state index in [1.54, 1.807) is 0 Å². The van der Waals surface area contributed by atoms with Gasteiger partial charge in [-0.25, -0.2) is 4.98 Å². The molecule has 1 aromatic rings. The SMILES string of the molecule is CCOC(CNc1cnc(NC(C)=O)[nH]c1=O)OCC. The number of rotatable bonds is 8. The molecule has 20 heavy (non-hydrogen) atoms. The fourth-order valence-electron chi connectivity index (χ4n) is 1.48. The van der Waals surface area contributed by atoms with E-state index in [1.165, 1.54) is 13.1 Å². The molecule has 0 aliphatic rings. The van der Waals surface area contributed by atoms with Crippen molar-refractivity contribution in [1.29, 1.82) is 0 Å². The number of amides is 1. The smallest absolute Gasteiger partial charge is 0.275 e. The minimum absolute atomic E-state index is 0.110. The lowest BCUT2D eigenvalue weighted by atomic mass is 10.4. The van der Waals surface area contributed by atoms with Crippen LogP contribution in [0.4, 0.5) is 11.6 Å². The number of nitrogens with one attached hydrogen (secondary N) is 3. The summed E-state index contributed by atoms with van der Waals surface area (Å²) in [5.74, 6) is -0.194. The summed E-state index contributed by atoms with van der Waals surface area (Å²) in [6.45, 7) is 6.42. The van der Waals surface area contributed by atoms with Crippen LogP contribution >= 0.6 is 0 Å². The number of aromatic amines is 1. The molecule has 3 N–H and O–H groups in total. The Balaban J connectivity index is 2.63. The molecule has 1 heterocycles. The summed E-state index contributed by atoms with van der Waals surface area (Å²) in [5.41, 5.74) is -0.0981. The topological polar surface area (TPSA) is 105 Å². The molecule has 8 nitrogen and oxygen atoms in total. The number of hydrogen-bond donors (Lipinski definition) is 3. The normalized spacial score (nSPS) is 10.6. The zero-order valence-electron chi connectivity index (χ0n) is 11.9. The molecule has 1 amide bonds. The van der Waals surface area contributed by atoms with Gasteiger partial charge in [-0.15, -0.1) is 0 Å². The third-order valence-electron chi connectivity index (χ3n) is 2.26. The molecule has 1 aromatic heterocycles. The third-order valence-corrected chi connectivity index (χ3v) is 2.26. The van der Waals surface area contributed by atoms with E-state index in [-0.39, 0.29) is 23.1 Å². The number of anilines is 2. The van der Waals surface area contributed by atoms with Gasteiger partial charge in [-0.1, -0.05) is 0 Å². The highest BCUT2D eigenvalue weighted by molar-refractivity contribution is 5.86. The number of nitrogens with zero attached hydrogens (tertiary/aromatic N) is 1. The van der Waals surface area contributed by atoms with Crippen LogP contribution in [0, 0.1) is 0 Å². The number of hydrogen-bond acceptors (Lipinski definition) is 6. The van der Waals surface area contributed by atoms with Gasteiger partial charge < -0.3 is 14.8 Å². The van der Waals surface area contributed by atoms with Crippen molar-refractivity contribution in [3.05, 3.63) is 16.6 Å². The molecule has 8 heteroatoms.